The highest BCUT2D eigenvalue weighted by Crippen LogP contribution is 2.28. The molecule has 0 aromatic heterocycles. The predicted octanol–water partition coefficient (Wildman–Crippen LogP) is 2.15. The van der Waals surface area contributed by atoms with Crippen molar-refractivity contribution >= 4 is 21.6 Å². The van der Waals surface area contributed by atoms with Crippen molar-refractivity contribution in [1.82, 2.24) is 5.32 Å². The number of aliphatic hydroxyl groups is 1. The number of nitrogens with zero attached hydrogens (tertiary/aromatic N) is 1. The van der Waals surface area contributed by atoms with E-state index in [-0.39, 0.29) is 0 Å². The van der Waals surface area contributed by atoms with E-state index < -0.39 is 5.60 Å². The van der Waals surface area contributed by atoms with E-state index in [1.165, 1.54) is 5.56 Å². The van der Waals surface area contributed by atoms with Gasteiger partial charge in [-0.25, -0.2) is 0 Å². The number of rotatable bonds is 5. The molecule has 0 atom stereocenters. The Balaban J connectivity index is 2.15. The van der Waals surface area contributed by atoms with E-state index >= 15 is 0 Å². The fourth-order valence-electron chi connectivity index (χ4n) is 2.67. The zero-order valence-electron chi connectivity index (χ0n) is 12.2. The maximum absolute atomic E-state index is 10.6. The summed E-state index contributed by atoms with van der Waals surface area (Å²) in [6, 6.07) is 6.27. The van der Waals surface area contributed by atoms with E-state index in [1.54, 1.807) is 0 Å². The molecule has 0 radical (unpaired) electrons. The molecule has 112 valence electrons. The summed E-state index contributed by atoms with van der Waals surface area (Å²) in [4.78, 5) is 2.14. The smallest absolute Gasteiger partial charge is 0.0865 e. The van der Waals surface area contributed by atoms with Gasteiger partial charge in [-0.3, -0.25) is 0 Å². The molecule has 5 heteroatoms. The first kappa shape index (κ1) is 15.8. The van der Waals surface area contributed by atoms with Crippen molar-refractivity contribution in [3.8, 4) is 0 Å². The summed E-state index contributed by atoms with van der Waals surface area (Å²) in [6.07, 6.45) is 1.40. The Hall–Kier alpha value is -0.620. The summed E-state index contributed by atoms with van der Waals surface area (Å²) in [6.45, 7) is 2.73. The first-order valence-electron chi connectivity index (χ1n) is 6.98. The van der Waals surface area contributed by atoms with Crippen LogP contribution in [0.3, 0.4) is 0 Å². The Morgan fingerprint density at radius 3 is 2.75 bits per heavy atom. The molecule has 2 N–H and O–H groups in total. The second-order valence-electron chi connectivity index (χ2n) is 5.50. The summed E-state index contributed by atoms with van der Waals surface area (Å²) in [5.74, 6) is 0. The first-order chi connectivity index (χ1) is 9.54. The third-order valence-corrected chi connectivity index (χ3v) is 4.27. The Bertz CT molecular complexity index is 447. The lowest BCUT2D eigenvalue weighted by molar-refractivity contribution is -0.0572. The van der Waals surface area contributed by atoms with Crippen LogP contribution in [0.2, 0.25) is 0 Å². The van der Waals surface area contributed by atoms with Crippen LogP contribution in [0, 0.1) is 0 Å². The number of hydrogen-bond donors (Lipinski definition) is 2. The predicted molar refractivity (Wildman–Crippen MR) is 85.2 cm³/mol. The van der Waals surface area contributed by atoms with E-state index in [2.05, 4.69) is 38.3 Å². The Labute approximate surface area is 129 Å². The van der Waals surface area contributed by atoms with Crippen molar-refractivity contribution in [3.05, 3.63) is 28.2 Å². The Morgan fingerprint density at radius 2 is 2.10 bits per heavy atom. The lowest BCUT2D eigenvalue weighted by Crippen LogP contribution is -2.46. The molecule has 1 fully saturated rings. The average Bonchev–Trinajstić information content (AvgIpc) is 2.41. The van der Waals surface area contributed by atoms with Gasteiger partial charge in [0.05, 0.1) is 5.60 Å². The fraction of sp³-hybridized carbons (Fsp3) is 0.600. The largest absolute Gasteiger partial charge is 0.388 e. The van der Waals surface area contributed by atoms with Crippen molar-refractivity contribution in [1.29, 1.82) is 0 Å². The number of ether oxygens (including phenoxy) is 1. The van der Waals surface area contributed by atoms with Crippen LogP contribution in [0.4, 0.5) is 5.69 Å². The summed E-state index contributed by atoms with van der Waals surface area (Å²) in [5, 5.41) is 13.8. The van der Waals surface area contributed by atoms with Crippen LogP contribution in [0.1, 0.15) is 18.4 Å². The summed E-state index contributed by atoms with van der Waals surface area (Å²) in [7, 11) is 3.98. The topological polar surface area (TPSA) is 44.7 Å². The molecular formula is C15H23BrN2O2. The van der Waals surface area contributed by atoms with Crippen LogP contribution in [-0.4, -0.2) is 44.6 Å². The SMILES string of the molecule is CNCc1ccc(Br)cc1N(C)CC1(O)CCOCC1. The fourth-order valence-corrected chi connectivity index (χ4v) is 3.02. The van der Waals surface area contributed by atoms with Gasteiger partial charge < -0.3 is 20.1 Å². The van der Waals surface area contributed by atoms with Gasteiger partial charge >= 0.3 is 0 Å². The lowest BCUT2D eigenvalue weighted by Gasteiger charge is -2.37. The highest BCUT2D eigenvalue weighted by atomic mass is 79.9. The number of hydrogen-bond acceptors (Lipinski definition) is 4. The zero-order valence-corrected chi connectivity index (χ0v) is 13.7. The average molecular weight is 343 g/mol. The highest BCUT2D eigenvalue weighted by Gasteiger charge is 2.31. The molecule has 20 heavy (non-hydrogen) atoms. The maximum atomic E-state index is 10.6. The van der Waals surface area contributed by atoms with Crippen LogP contribution in [0.5, 0.6) is 0 Å². The van der Waals surface area contributed by atoms with Gasteiger partial charge in [0.1, 0.15) is 0 Å². The van der Waals surface area contributed by atoms with Crippen LogP contribution < -0.4 is 10.2 Å². The van der Waals surface area contributed by atoms with Crippen molar-refractivity contribution in [2.24, 2.45) is 0 Å². The summed E-state index contributed by atoms with van der Waals surface area (Å²) in [5.41, 5.74) is 1.73. The van der Waals surface area contributed by atoms with Gasteiger partial charge in [0.15, 0.2) is 0 Å². The second-order valence-corrected chi connectivity index (χ2v) is 6.41. The van der Waals surface area contributed by atoms with Gasteiger partial charge in [0.25, 0.3) is 0 Å². The standard InChI is InChI=1S/C15H23BrN2O2/c1-17-10-12-3-4-13(16)9-14(12)18(2)11-15(19)5-7-20-8-6-15/h3-4,9,17,19H,5-8,10-11H2,1-2H3. The molecule has 2 rings (SSSR count). The van der Waals surface area contributed by atoms with Gasteiger partial charge in [-0.05, 0) is 24.7 Å². The molecule has 1 aromatic carbocycles. The minimum Gasteiger partial charge on any atom is -0.388 e. The van der Waals surface area contributed by atoms with Crippen LogP contribution in [0.25, 0.3) is 0 Å². The second kappa shape index (κ2) is 6.89. The Kier molecular flexibility index (Phi) is 5.43. The Morgan fingerprint density at radius 1 is 1.40 bits per heavy atom. The third kappa shape index (κ3) is 3.95. The molecule has 0 unspecified atom stereocenters. The van der Waals surface area contributed by atoms with E-state index in [1.807, 2.05) is 20.2 Å². The quantitative estimate of drug-likeness (QED) is 0.860. The van der Waals surface area contributed by atoms with Gasteiger partial charge in [-0.2, -0.15) is 0 Å². The van der Waals surface area contributed by atoms with Gasteiger partial charge in [0, 0.05) is 56.4 Å². The number of anilines is 1. The van der Waals surface area contributed by atoms with E-state index in [0.29, 0.717) is 32.6 Å². The van der Waals surface area contributed by atoms with Crippen LogP contribution in [0.15, 0.2) is 22.7 Å². The molecule has 0 amide bonds. The van der Waals surface area contributed by atoms with Crippen molar-refractivity contribution in [2.45, 2.75) is 25.0 Å². The number of likely N-dealkylation sites (N-methyl/N-ethyl adjacent to an activating group) is 1. The number of benzene rings is 1. The molecule has 1 aliphatic rings. The molecule has 0 bridgehead atoms. The third-order valence-electron chi connectivity index (χ3n) is 3.78. The zero-order chi connectivity index (χ0) is 14.6. The molecule has 0 aliphatic carbocycles. The van der Waals surface area contributed by atoms with E-state index in [0.717, 1.165) is 16.7 Å². The molecule has 1 aliphatic heterocycles. The van der Waals surface area contributed by atoms with Crippen molar-refractivity contribution in [3.63, 3.8) is 0 Å². The minimum absolute atomic E-state index is 0.628. The highest BCUT2D eigenvalue weighted by molar-refractivity contribution is 9.10. The van der Waals surface area contributed by atoms with Gasteiger partial charge in [-0.1, -0.05) is 22.0 Å². The summed E-state index contributed by atoms with van der Waals surface area (Å²) < 4.78 is 6.39. The molecule has 1 aromatic rings. The molecule has 0 spiro atoms. The minimum atomic E-state index is -0.647. The van der Waals surface area contributed by atoms with Gasteiger partial charge in [-0.15, -0.1) is 0 Å². The number of halogens is 1. The lowest BCUT2D eigenvalue weighted by atomic mass is 9.93. The first-order valence-corrected chi connectivity index (χ1v) is 7.78. The van der Waals surface area contributed by atoms with Crippen LogP contribution >= 0.6 is 15.9 Å². The van der Waals surface area contributed by atoms with Gasteiger partial charge in [0.2, 0.25) is 0 Å². The molecule has 4 nitrogen and oxygen atoms in total. The molecule has 1 heterocycles. The number of nitrogens with one attached hydrogen (secondary N) is 1. The van der Waals surface area contributed by atoms with E-state index in [4.69, 9.17) is 4.74 Å². The summed E-state index contributed by atoms with van der Waals surface area (Å²) >= 11 is 3.52. The van der Waals surface area contributed by atoms with E-state index in [9.17, 15) is 5.11 Å². The molecular weight excluding hydrogens is 320 g/mol. The van der Waals surface area contributed by atoms with Crippen molar-refractivity contribution in [2.75, 3.05) is 38.8 Å². The normalized spacial score (nSPS) is 18.0. The van der Waals surface area contributed by atoms with Crippen LogP contribution in [-0.2, 0) is 11.3 Å². The van der Waals surface area contributed by atoms with Crippen molar-refractivity contribution < 1.29 is 9.84 Å². The molecule has 1 saturated heterocycles. The molecule has 0 saturated carbocycles. The maximum Gasteiger partial charge on any atom is 0.0865 e. The monoisotopic (exact) mass is 342 g/mol.